The van der Waals surface area contributed by atoms with Crippen LogP contribution < -0.4 is 10.1 Å². The average molecular weight is 595 g/mol. The van der Waals surface area contributed by atoms with Gasteiger partial charge < -0.3 is 15.2 Å². The number of aryl methyl sites for hydroxylation is 1. The molecule has 2 aromatic carbocycles. The molecule has 1 aromatic heterocycles. The summed E-state index contributed by atoms with van der Waals surface area (Å²) in [5.41, 5.74) is 3.62. The number of carboxylic acids is 1. The molecule has 0 radical (unpaired) electrons. The number of halogens is 3. The molecule has 3 aliphatic carbocycles. The predicted molar refractivity (Wildman–Crippen MR) is 160 cm³/mol. The van der Waals surface area contributed by atoms with Crippen molar-refractivity contribution in [3.63, 3.8) is 0 Å². The summed E-state index contributed by atoms with van der Waals surface area (Å²) in [5.74, 6) is -1.17. The normalized spacial score (nSPS) is 25.6. The van der Waals surface area contributed by atoms with Crippen LogP contribution in [0.15, 0.2) is 60.8 Å². The van der Waals surface area contributed by atoms with E-state index in [9.17, 15) is 18.7 Å². The molecule has 42 heavy (non-hydrogen) atoms. The van der Waals surface area contributed by atoms with Crippen LogP contribution in [0.25, 0.3) is 0 Å². The number of fused-ring (bicyclic) bond motifs is 3. The maximum Gasteiger partial charge on any atom is 0.329 e. The summed E-state index contributed by atoms with van der Waals surface area (Å²) in [6.45, 7) is -0.0492. The zero-order valence-corrected chi connectivity index (χ0v) is 24.4. The number of hydrogen-bond acceptors (Lipinski definition) is 4. The summed E-state index contributed by atoms with van der Waals surface area (Å²) in [6, 6.07) is 17.1. The Labute approximate surface area is 250 Å². The van der Waals surface area contributed by atoms with Gasteiger partial charge >= 0.3 is 5.97 Å². The number of nitrogens with zero attached hydrogens (tertiary/aromatic N) is 1. The Balaban J connectivity index is 1.23. The molecule has 1 saturated carbocycles. The number of pyridine rings is 1. The average Bonchev–Trinajstić information content (AvgIpc) is 3.28. The minimum absolute atomic E-state index is 0.0261. The lowest BCUT2D eigenvalue weighted by Gasteiger charge is -2.47. The number of hydrogen-bond donors (Lipinski definition) is 2. The van der Waals surface area contributed by atoms with Crippen molar-refractivity contribution in [1.82, 2.24) is 4.98 Å². The number of carbonyl (C=O) groups is 1. The SMILES string of the molecule is O=C(O)C1(Nc2cccc(Cl)c2)CCC2(CC1)c1ccccc1CC2CC(COc1ccnc2c1CCCC2)C(F)F. The van der Waals surface area contributed by atoms with Crippen molar-refractivity contribution < 1.29 is 23.4 Å². The monoisotopic (exact) mass is 594 g/mol. The molecule has 1 heterocycles. The van der Waals surface area contributed by atoms with Gasteiger partial charge in [-0.1, -0.05) is 41.9 Å². The number of anilines is 1. The summed E-state index contributed by atoms with van der Waals surface area (Å²) in [7, 11) is 0. The van der Waals surface area contributed by atoms with Gasteiger partial charge in [-0.3, -0.25) is 4.98 Å². The number of rotatable bonds is 9. The largest absolute Gasteiger partial charge is 0.493 e. The van der Waals surface area contributed by atoms with E-state index in [-0.39, 0.29) is 17.9 Å². The van der Waals surface area contributed by atoms with Gasteiger partial charge in [-0.2, -0.15) is 0 Å². The van der Waals surface area contributed by atoms with Gasteiger partial charge in [-0.25, -0.2) is 13.6 Å². The van der Waals surface area contributed by atoms with E-state index >= 15 is 0 Å². The molecule has 3 aromatic rings. The molecular weight excluding hydrogens is 558 g/mol. The van der Waals surface area contributed by atoms with Crippen LogP contribution >= 0.6 is 11.6 Å². The smallest absolute Gasteiger partial charge is 0.329 e. The van der Waals surface area contributed by atoms with Crippen molar-refractivity contribution >= 4 is 23.3 Å². The quantitative estimate of drug-likeness (QED) is 0.264. The minimum atomic E-state index is -2.52. The van der Waals surface area contributed by atoms with Crippen LogP contribution in [0.5, 0.6) is 5.75 Å². The van der Waals surface area contributed by atoms with Gasteiger partial charge in [0.05, 0.1) is 12.5 Å². The summed E-state index contributed by atoms with van der Waals surface area (Å²) in [6.07, 6.45) is 6.12. The second-order valence-corrected chi connectivity index (χ2v) is 12.8. The highest BCUT2D eigenvalue weighted by Gasteiger charge is 2.54. The standard InChI is InChI=1S/C34H37ClF2N2O3/c35-25-7-5-8-26(20-25)39-34(32(40)41)15-13-33(14-16-34)24(18-22-6-1-3-10-28(22)33)19-23(31(36)37)21-42-30-12-17-38-29-11-4-2-9-27(29)30/h1,3,5-8,10,12,17,20,23-24,31,39H,2,4,9,11,13-16,18-19,21H2,(H,40,41). The Morgan fingerprint density at radius 2 is 1.86 bits per heavy atom. The van der Waals surface area contributed by atoms with Gasteiger partial charge in [0.2, 0.25) is 6.43 Å². The Morgan fingerprint density at radius 1 is 1.07 bits per heavy atom. The molecule has 5 nitrogen and oxygen atoms in total. The molecule has 3 aliphatic rings. The van der Waals surface area contributed by atoms with Crippen LogP contribution in [0.4, 0.5) is 14.5 Å². The van der Waals surface area contributed by atoms with E-state index in [1.165, 1.54) is 11.1 Å². The Kier molecular flexibility index (Phi) is 8.14. The first-order valence-corrected chi connectivity index (χ1v) is 15.4. The number of aromatic nitrogens is 1. The van der Waals surface area contributed by atoms with E-state index in [2.05, 4.69) is 22.4 Å². The van der Waals surface area contributed by atoms with Gasteiger partial charge in [0.25, 0.3) is 0 Å². The first kappa shape index (κ1) is 28.9. The van der Waals surface area contributed by atoms with E-state index in [1.54, 1.807) is 30.5 Å². The van der Waals surface area contributed by atoms with Crippen LogP contribution in [-0.2, 0) is 29.5 Å². The summed E-state index contributed by atoms with van der Waals surface area (Å²) in [5, 5.41) is 14.2. The van der Waals surface area contributed by atoms with E-state index in [4.69, 9.17) is 16.3 Å². The fourth-order valence-corrected chi connectivity index (χ4v) is 7.93. The Hall–Kier alpha value is -3.19. The summed E-state index contributed by atoms with van der Waals surface area (Å²) >= 11 is 6.17. The lowest BCUT2D eigenvalue weighted by atomic mass is 9.59. The molecule has 0 aliphatic heterocycles. The number of ether oxygens (including phenoxy) is 1. The molecule has 0 saturated heterocycles. The molecule has 2 atom stereocenters. The maximum absolute atomic E-state index is 14.6. The number of carboxylic acid groups (broad SMARTS) is 1. The Morgan fingerprint density at radius 3 is 2.62 bits per heavy atom. The van der Waals surface area contributed by atoms with Crippen LogP contribution in [0, 0.1) is 11.8 Å². The fourth-order valence-electron chi connectivity index (χ4n) is 7.74. The summed E-state index contributed by atoms with van der Waals surface area (Å²) in [4.78, 5) is 17.1. The van der Waals surface area contributed by atoms with E-state index in [0.717, 1.165) is 36.9 Å². The molecular formula is C34H37ClF2N2O3. The van der Waals surface area contributed by atoms with Crippen LogP contribution in [0.2, 0.25) is 5.02 Å². The maximum atomic E-state index is 14.6. The lowest BCUT2D eigenvalue weighted by Crippen LogP contribution is -2.53. The predicted octanol–water partition coefficient (Wildman–Crippen LogP) is 7.88. The van der Waals surface area contributed by atoms with Crippen LogP contribution in [0.3, 0.4) is 0 Å². The Bertz CT molecular complexity index is 1440. The van der Waals surface area contributed by atoms with Crippen LogP contribution in [0.1, 0.15) is 67.3 Å². The van der Waals surface area contributed by atoms with Gasteiger partial charge in [-0.15, -0.1) is 0 Å². The second-order valence-electron chi connectivity index (χ2n) is 12.3. The highest BCUT2D eigenvalue weighted by molar-refractivity contribution is 6.30. The minimum Gasteiger partial charge on any atom is -0.493 e. The highest BCUT2D eigenvalue weighted by Crippen LogP contribution is 2.56. The van der Waals surface area contributed by atoms with Crippen molar-refractivity contribution in [3.8, 4) is 5.75 Å². The number of benzene rings is 2. The van der Waals surface area contributed by atoms with Crippen molar-refractivity contribution in [2.24, 2.45) is 11.8 Å². The van der Waals surface area contributed by atoms with Crippen LogP contribution in [-0.4, -0.2) is 34.6 Å². The van der Waals surface area contributed by atoms with E-state index < -0.39 is 23.9 Å². The van der Waals surface area contributed by atoms with Gasteiger partial charge in [-0.05, 0) is 111 Å². The molecule has 0 bridgehead atoms. The molecule has 1 fully saturated rings. The third kappa shape index (κ3) is 5.48. The number of nitrogens with one attached hydrogen (secondary N) is 1. The molecule has 2 unspecified atom stereocenters. The zero-order valence-electron chi connectivity index (χ0n) is 23.6. The van der Waals surface area contributed by atoms with Gasteiger partial charge in [0, 0.05) is 28.2 Å². The van der Waals surface area contributed by atoms with Crippen molar-refractivity contribution in [1.29, 1.82) is 0 Å². The third-order valence-corrected chi connectivity index (χ3v) is 10.2. The topological polar surface area (TPSA) is 71.5 Å². The third-order valence-electron chi connectivity index (χ3n) is 10.0. The number of alkyl halides is 2. The van der Waals surface area contributed by atoms with Gasteiger partial charge in [0.15, 0.2) is 0 Å². The molecule has 8 heteroatoms. The van der Waals surface area contributed by atoms with E-state index in [0.29, 0.717) is 55.0 Å². The van der Waals surface area contributed by atoms with Gasteiger partial charge in [0.1, 0.15) is 11.3 Å². The van der Waals surface area contributed by atoms with Crippen molar-refractivity contribution in [2.45, 2.75) is 81.6 Å². The molecule has 2 N–H and O–H groups in total. The van der Waals surface area contributed by atoms with Crippen molar-refractivity contribution in [3.05, 3.63) is 88.2 Å². The molecule has 1 spiro atoms. The molecule has 0 amide bonds. The fraction of sp³-hybridized carbons (Fsp3) is 0.471. The molecule has 222 valence electrons. The lowest BCUT2D eigenvalue weighted by molar-refractivity contribution is -0.144. The van der Waals surface area contributed by atoms with E-state index in [1.807, 2.05) is 18.2 Å². The van der Waals surface area contributed by atoms with Crippen molar-refractivity contribution in [2.75, 3.05) is 11.9 Å². The highest BCUT2D eigenvalue weighted by atomic mass is 35.5. The summed E-state index contributed by atoms with van der Waals surface area (Å²) < 4.78 is 35.3. The molecule has 6 rings (SSSR count). The second kappa shape index (κ2) is 11.8. The number of aliphatic carboxylic acids is 1. The first-order chi connectivity index (χ1) is 20.3. The first-order valence-electron chi connectivity index (χ1n) is 15.0. The zero-order chi connectivity index (χ0) is 29.3.